The SMILES string of the molecule is COc1cccc2c(-c3ccccc3)c3c4ccccc4c(C)c(-c4ccccc4)[n+]3cc12. The van der Waals surface area contributed by atoms with Crippen molar-refractivity contribution in [3.05, 3.63) is 115 Å². The second-order valence-electron chi connectivity index (χ2n) is 8.40. The molecule has 0 saturated carbocycles. The molecule has 0 aliphatic heterocycles. The van der Waals surface area contributed by atoms with Crippen LogP contribution < -0.4 is 9.14 Å². The van der Waals surface area contributed by atoms with Gasteiger partial charge in [0.2, 0.25) is 11.2 Å². The Morgan fingerprint density at radius 1 is 0.576 bits per heavy atom. The van der Waals surface area contributed by atoms with Crippen molar-refractivity contribution in [2.24, 2.45) is 0 Å². The molecule has 33 heavy (non-hydrogen) atoms. The Balaban J connectivity index is 1.95. The molecule has 0 amide bonds. The fourth-order valence-electron chi connectivity index (χ4n) is 5.13. The highest BCUT2D eigenvalue weighted by molar-refractivity contribution is 6.12. The number of aryl methyl sites for hydroxylation is 1. The summed E-state index contributed by atoms with van der Waals surface area (Å²) in [5.41, 5.74) is 7.30. The highest BCUT2D eigenvalue weighted by Gasteiger charge is 2.26. The maximum atomic E-state index is 5.82. The summed E-state index contributed by atoms with van der Waals surface area (Å²) in [6.07, 6.45) is 2.25. The summed E-state index contributed by atoms with van der Waals surface area (Å²) in [6, 6.07) is 36.4. The van der Waals surface area contributed by atoms with Crippen molar-refractivity contribution < 1.29 is 9.14 Å². The number of methoxy groups -OCH3 is 1. The largest absolute Gasteiger partial charge is 0.496 e. The number of ether oxygens (including phenoxy) is 1. The van der Waals surface area contributed by atoms with Gasteiger partial charge in [0.1, 0.15) is 5.75 Å². The van der Waals surface area contributed by atoms with Gasteiger partial charge in [0.25, 0.3) is 0 Å². The summed E-state index contributed by atoms with van der Waals surface area (Å²) in [4.78, 5) is 0. The lowest BCUT2D eigenvalue weighted by Gasteiger charge is -2.15. The van der Waals surface area contributed by atoms with Gasteiger partial charge in [-0.25, -0.2) is 0 Å². The Labute approximate surface area is 193 Å². The minimum atomic E-state index is 0.879. The number of hydrogen-bond acceptors (Lipinski definition) is 1. The maximum absolute atomic E-state index is 5.82. The molecule has 6 rings (SSSR count). The molecular weight excluding hydrogens is 402 g/mol. The number of aromatic nitrogens is 1. The van der Waals surface area contributed by atoms with Crippen LogP contribution in [0.1, 0.15) is 5.56 Å². The van der Waals surface area contributed by atoms with Crippen molar-refractivity contribution in [1.29, 1.82) is 0 Å². The van der Waals surface area contributed by atoms with E-state index in [1.54, 1.807) is 7.11 Å². The molecule has 2 heterocycles. The zero-order chi connectivity index (χ0) is 22.4. The number of hydrogen-bond donors (Lipinski definition) is 0. The molecule has 0 atom stereocenters. The third-order valence-electron chi connectivity index (χ3n) is 6.58. The van der Waals surface area contributed by atoms with Gasteiger partial charge in [-0.1, -0.05) is 78.9 Å². The van der Waals surface area contributed by atoms with E-state index in [1.165, 1.54) is 49.6 Å². The topological polar surface area (TPSA) is 13.3 Å². The van der Waals surface area contributed by atoms with Crippen molar-refractivity contribution in [3.8, 4) is 28.1 Å². The first-order chi connectivity index (χ1) is 16.3. The van der Waals surface area contributed by atoms with Gasteiger partial charge < -0.3 is 4.74 Å². The van der Waals surface area contributed by atoms with Crippen LogP contribution in [0, 0.1) is 6.92 Å². The summed E-state index contributed by atoms with van der Waals surface area (Å²) in [7, 11) is 1.75. The minimum Gasteiger partial charge on any atom is -0.496 e. The molecule has 0 bridgehead atoms. The molecule has 0 saturated heterocycles. The number of benzene rings is 4. The van der Waals surface area contributed by atoms with Gasteiger partial charge in [-0.2, -0.15) is 4.40 Å². The van der Waals surface area contributed by atoms with Gasteiger partial charge >= 0.3 is 0 Å². The van der Waals surface area contributed by atoms with E-state index in [0.717, 1.165) is 11.1 Å². The Bertz CT molecular complexity index is 1640. The second kappa shape index (κ2) is 7.75. The molecular formula is C31H24NO+. The smallest absolute Gasteiger partial charge is 0.227 e. The fourth-order valence-corrected chi connectivity index (χ4v) is 5.13. The normalized spacial score (nSPS) is 11.3. The summed E-state index contributed by atoms with van der Waals surface area (Å²) in [5.74, 6) is 0.879. The van der Waals surface area contributed by atoms with E-state index in [4.69, 9.17) is 4.74 Å². The fraction of sp³-hybridized carbons (Fsp3) is 0.0645. The number of pyridine rings is 2. The number of fused-ring (bicyclic) bond motifs is 4. The molecule has 158 valence electrons. The number of nitrogens with zero attached hydrogens (tertiary/aromatic N) is 1. The summed E-state index contributed by atoms with van der Waals surface area (Å²) in [5, 5.41) is 4.81. The molecule has 2 nitrogen and oxygen atoms in total. The van der Waals surface area contributed by atoms with Gasteiger partial charge in [0.05, 0.1) is 23.4 Å². The van der Waals surface area contributed by atoms with Crippen LogP contribution in [0.4, 0.5) is 0 Å². The molecule has 0 spiro atoms. The van der Waals surface area contributed by atoms with Crippen molar-refractivity contribution in [2.45, 2.75) is 6.92 Å². The van der Waals surface area contributed by atoms with E-state index >= 15 is 0 Å². The lowest BCUT2D eigenvalue weighted by molar-refractivity contribution is -0.496. The van der Waals surface area contributed by atoms with Crippen molar-refractivity contribution in [3.63, 3.8) is 0 Å². The zero-order valence-electron chi connectivity index (χ0n) is 18.7. The summed E-state index contributed by atoms with van der Waals surface area (Å²) < 4.78 is 8.19. The average Bonchev–Trinajstić information content (AvgIpc) is 2.88. The highest BCUT2D eigenvalue weighted by atomic mass is 16.5. The summed E-state index contributed by atoms with van der Waals surface area (Å²) >= 11 is 0. The first-order valence-electron chi connectivity index (χ1n) is 11.2. The lowest BCUT2D eigenvalue weighted by Crippen LogP contribution is -2.27. The minimum absolute atomic E-state index is 0.879. The predicted octanol–water partition coefficient (Wildman–Crippen LogP) is 7.38. The maximum Gasteiger partial charge on any atom is 0.227 e. The van der Waals surface area contributed by atoms with E-state index in [-0.39, 0.29) is 0 Å². The highest BCUT2D eigenvalue weighted by Crippen LogP contribution is 2.39. The molecule has 2 heteroatoms. The van der Waals surface area contributed by atoms with Gasteiger partial charge in [0.15, 0.2) is 6.20 Å². The van der Waals surface area contributed by atoms with E-state index in [1.807, 2.05) is 6.07 Å². The van der Waals surface area contributed by atoms with E-state index < -0.39 is 0 Å². The first-order valence-corrected chi connectivity index (χ1v) is 11.2. The molecule has 2 aromatic heterocycles. The molecule has 0 N–H and O–H groups in total. The number of rotatable bonds is 3. The van der Waals surface area contributed by atoms with Gasteiger partial charge in [0, 0.05) is 16.5 Å². The molecule has 0 aliphatic carbocycles. The Hall–Kier alpha value is -4.17. The summed E-state index contributed by atoms with van der Waals surface area (Å²) in [6.45, 7) is 2.23. The Morgan fingerprint density at radius 3 is 1.88 bits per heavy atom. The molecule has 0 fully saturated rings. The van der Waals surface area contributed by atoms with Crippen molar-refractivity contribution >= 4 is 27.1 Å². The van der Waals surface area contributed by atoms with E-state index in [0.29, 0.717) is 0 Å². The third-order valence-corrected chi connectivity index (χ3v) is 6.58. The van der Waals surface area contributed by atoms with Crippen LogP contribution >= 0.6 is 0 Å². The van der Waals surface area contributed by atoms with Crippen LogP contribution in [0.3, 0.4) is 0 Å². The van der Waals surface area contributed by atoms with Crippen LogP contribution in [0.25, 0.3) is 49.4 Å². The van der Waals surface area contributed by atoms with Crippen molar-refractivity contribution in [2.75, 3.05) is 7.11 Å². The lowest BCUT2D eigenvalue weighted by atomic mass is 9.92. The first kappa shape index (κ1) is 19.5. The molecule has 0 unspecified atom stereocenters. The van der Waals surface area contributed by atoms with Gasteiger partial charge in [-0.05, 0) is 42.1 Å². The quantitative estimate of drug-likeness (QED) is 0.163. The molecule has 6 aromatic rings. The third kappa shape index (κ3) is 2.99. The van der Waals surface area contributed by atoms with Crippen LogP contribution in [0.15, 0.2) is 109 Å². The van der Waals surface area contributed by atoms with E-state index in [2.05, 4.69) is 115 Å². The van der Waals surface area contributed by atoms with Crippen molar-refractivity contribution in [1.82, 2.24) is 0 Å². The second-order valence-corrected chi connectivity index (χ2v) is 8.40. The monoisotopic (exact) mass is 426 g/mol. The Morgan fingerprint density at radius 2 is 1.18 bits per heavy atom. The van der Waals surface area contributed by atoms with Crippen LogP contribution in [0.2, 0.25) is 0 Å². The predicted molar refractivity (Wildman–Crippen MR) is 137 cm³/mol. The van der Waals surface area contributed by atoms with Crippen LogP contribution in [0.5, 0.6) is 5.75 Å². The van der Waals surface area contributed by atoms with E-state index in [9.17, 15) is 0 Å². The molecule has 0 aliphatic rings. The average molecular weight is 427 g/mol. The zero-order valence-corrected chi connectivity index (χ0v) is 18.7. The molecule has 0 radical (unpaired) electrons. The Kier molecular flexibility index (Phi) is 4.58. The van der Waals surface area contributed by atoms with Crippen LogP contribution in [-0.2, 0) is 0 Å². The van der Waals surface area contributed by atoms with Gasteiger partial charge in [-0.3, -0.25) is 0 Å². The standard InChI is InChI=1S/C31H24NO/c1-21-24-16-9-10-17-26(24)31-29(22-12-5-3-6-13-22)25-18-11-19-28(33-2)27(25)20-32(31)30(21)23-14-7-4-8-15-23/h3-20H,1-2H3/q+1. The van der Waals surface area contributed by atoms with Crippen LogP contribution in [-0.4, -0.2) is 7.11 Å². The van der Waals surface area contributed by atoms with Gasteiger partial charge in [-0.15, -0.1) is 0 Å². The molecule has 4 aromatic carbocycles.